The van der Waals surface area contributed by atoms with E-state index in [1.807, 2.05) is 41.3 Å². The molecule has 1 unspecified atom stereocenters. The Kier molecular flexibility index (Phi) is 5.68. The summed E-state index contributed by atoms with van der Waals surface area (Å²) in [6.07, 6.45) is 6.44. The molecule has 5 heteroatoms. The monoisotopic (exact) mass is 366 g/mol. The van der Waals surface area contributed by atoms with Crippen molar-refractivity contribution < 1.29 is 14.3 Å². The molecule has 0 radical (unpaired) electrons. The maximum atomic E-state index is 12.7. The second-order valence-electron chi connectivity index (χ2n) is 7.34. The number of aromatic nitrogens is 1. The van der Waals surface area contributed by atoms with Crippen LogP contribution in [0.15, 0.2) is 48.7 Å². The third-order valence-corrected chi connectivity index (χ3v) is 5.53. The zero-order chi connectivity index (χ0) is 18.5. The van der Waals surface area contributed by atoms with Gasteiger partial charge in [0.15, 0.2) is 0 Å². The van der Waals surface area contributed by atoms with Crippen LogP contribution in [0.1, 0.15) is 41.6 Å². The Morgan fingerprint density at radius 2 is 1.93 bits per heavy atom. The lowest BCUT2D eigenvalue weighted by Crippen LogP contribution is -2.41. The lowest BCUT2D eigenvalue weighted by Gasteiger charge is -2.34. The van der Waals surface area contributed by atoms with Crippen LogP contribution in [0.3, 0.4) is 0 Å². The summed E-state index contributed by atoms with van der Waals surface area (Å²) in [5.41, 5.74) is 1.71. The van der Waals surface area contributed by atoms with E-state index in [0.717, 1.165) is 38.1 Å². The van der Waals surface area contributed by atoms with Gasteiger partial charge in [0.1, 0.15) is 6.61 Å². The predicted octanol–water partition coefficient (Wildman–Crippen LogP) is 3.69. The predicted molar refractivity (Wildman–Crippen MR) is 103 cm³/mol. The number of benzene rings is 1. The number of piperidine rings is 1. The van der Waals surface area contributed by atoms with Crippen molar-refractivity contribution in [3.8, 4) is 5.88 Å². The van der Waals surface area contributed by atoms with Gasteiger partial charge in [0.2, 0.25) is 5.88 Å². The van der Waals surface area contributed by atoms with Crippen LogP contribution in [-0.2, 0) is 11.3 Å². The molecule has 5 nitrogen and oxygen atoms in total. The Hall–Kier alpha value is -2.40. The molecule has 1 amide bonds. The van der Waals surface area contributed by atoms with E-state index in [4.69, 9.17) is 9.47 Å². The van der Waals surface area contributed by atoms with E-state index in [1.165, 1.54) is 12.8 Å². The molecular formula is C22H26N2O3. The van der Waals surface area contributed by atoms with Crippen LogP contribution in [0, 0.1) is 5.92 Å². The Morgan fingerprint density at radius 3 is 2.59 bits per heavy atom. The molecule has 0 bridgehead atoms. The van der Waals surface area contributed by atoms with E-state index in [-0.39, 0.29) is 5.91 Å². The van der Waals surface area contributed by atoms with Gasteiger partial charge < -0.3 is 14.4 Å². The molecule has 0 saturated carbocycles. The largest absolute Gasteiger partial charge is 0.473 e. The molecule has 0 N–H and O–H groups in total. The average Bonchev–Trinajstić information content (AvgIpc) is 3.28. The van der Waals surface area contributed by atoms with Gasteiger partial charge in [-0.1, -0.05) is 30.3 Å². The van der Waals surface area contributed by atoms with Gasteiger partial charge in [-0.15, -0.1) is 0 Å². The molecule has 4 rings (SSSR count). The number of nitrogens with zero attached hydrogens (tertiary/aromatic N) is 2. The molecule has 2 saturated heterocycles. The Labute approximate surface area is 160 Å². The highest BCUT2D eigenvalue weighted by Crippen LogP contribution is 2.29. The lowest BCUT2D eigenvalue weighted by molar-refractivity contribution is 0.0291. The summed E-state index contributed by atoms with van der Waals surface area (Å²) in [7, 11) is 0. The van der Waals surface area contributed by atoms with Gasteiger partial charge in [-0.2, -0.15) is 0 Å². The number of ether oxygens (including phenoxy) is 2. The third-order valence-electron chi connectivity index (χ3n) is 5.53. The highest BCUT2D eigenvalue weighted by Gasteiger charge is 2.31. The number of pyridine rings is 1. The third kappa shape index (κ3) is 4.48. The minimum Gasteiger partial charge on any atom is -0.473 e. The fourth-order valence-corrected chi connectivity index (χ4v) is 3.95. The second kappa shape index (κ2) is 8.53. The molecule has 1 aromatic heterocycles. The van der Waals surface area contributed by atoms with Gasteiger partial charge in [-0.25, -0.2) is 4.98 Å². The smallest absolute Gasteiger partial charge is 0.255 e. The Bertz CT molecular complexity index is 734. The van der Waals surface area contributed by atoms with Gasteiger partial charge in [0.25, 0.3) is 5.91 Å². The topological polar surface area (TPSA) is 51.7 Å². The molecule has 27 heavy (non-hydrogen) atoms. The van der Waals surface area contributed by atoms with E-state index in [0.29, 0.717) is 30.1 Å². The van der Waals surface area contributed by atoms with E-state index in [1.54, 1.807) is 12.3 Å². The number of rotatable bonds is 5. The van der Waals surface area contributed by atoms with Crippen molar-refractivity contribution in [1.29, 1.82) is 0 Å². The number of carbonyl (C=O) groups is 1. The van der Waals surface area contributed by atoms with Crippen LogP contribution in [0.5, 0.6) is 5.88 Å². The Balaban J connectivity index is 1.29. The first-order chi connectivity index (χ1) is 13.3. The maximum absolute atomic E-state index is 12.7. The summed E-state index contributed by atoms with van der Waals surface area (Å²) in [5, 5.41) is 0. The van der Waals surface area contributed by atoms with Crippen molar-refractivity contribution >= 4 is 5.91 Å². The second-order valence-corrected chi connectivity index (χ2v) is 7.34. The van der Waals surface area contributed by atoms with Crippen LogP contribution in [0.4, 0.5) is 0 Å². The first-order valence-electron chi connectivity index (χ1n) is 9.83. The molecule has 0 aliphatic carbocycles. The molecule has 2 aliphatic rings. The van der Waals surface area contributed by atoms with Gasteiger partial charge in [-0.3, -0.25) is 4.79 Å². The normalized spacial score (nSPS) is 20.6. The summed E-state index contributed by atoms with van der Waals surface area (Å²) < 4.78 is 11.5. The molecule has 2 fully saturated rings. The molecular weight excluding hydrogens is 340 g/mol. The Morgan fingerprint density at radius 1 is 1.11 bits per heavy atom. The first kappa shape index (κ1) is 18.0. The van der Waals surface area contributed by atoms with Crippen LogP contribution >= 0.6 is 0 Å². The zero-order valence-electron chi connectivity index (χ0n) is 15.5. The van der Waals surface area contributed by atoms with Crippen molar-refractivity contribution in [2.24, 2.45) is 5.92 Å². The molecule has 1 aromatic carbocycles. The SMILES string of the molecule is O=C(c1ccc(OCc2ccccc2)nc1)N1CCC(C2CCCO2)CC1. The van der Waals surface area contributed by atoms with Crippen molar-refractivity contribution in [2.45, 2.75) is 38.4 Å². The fraction of sp³-hybridized carbons (Fsp3) is 0.455. The van der Waals surface area contributed by atoms with Crippen LogP contribution in [0.2, 0.25) is 0 Å². The standard InChI is InChI=1S/C22H26N2O3/c25-22(24-12-10-18(11-13-24)20-7-4-14-26-20)19-8-9-21(23-15-19)27-16-17-5-2-1-3-6-17/h1-3,5-6,8-9,15,18,20H,4,7,10-14,16H2. The maximum Gasteiger partial charge on any atom is 0.255 e. The molecule has 0 spiro atoms. The molecule has 3 heterocycles. The minimum atomic E-state index is 0.0582. The summed E-state index contributed by atoms with van der Waals surface area (Å²) in [6, 6.07) is 13.5. The van der Waals surface area contributed by atoms with E-state index < -0.39 is 0 Å². The van der Waals surface area contributed by atoms with Crippen molar-refractivity contribution in [1.82, 2.24) is 9.88 Å². The summed E-state index contributed by atoms with van der Waals surface area (Å²) in [5.74, 6) is 1.19. The molecule has 142 valence electrons. The fourth-order valence-electron chi connectivity index (χ4n) is 3.95. The number of carbonyl (C=O) groups excluding carboxylic acids is 1. The number of hydrogen-bond donors (Lipinski definition) is 0. The van der Waals surface area contributed by atoms with E-state index in [9.17, 15) is 4.79 Å². The van der Waals surface area contributed by atoms with Crippen molar-refractivity contribution in [2.75, 3.05) is 19.7 Å². The van der Waals surface area contributed by atoms with Crippen molar-refractivity contribution in [3.05, 3.63) is 59.8 Å². The van der Waals surface area contributed by atoms with E-state index >= 15 is 0 Å². The first-order valence-corrected chi connectivity index (χ1v) is 9.83. The number of hydrogen-bond acceptors (Lipinski definition) is 4. The van der Waals surface area contributed by atoms with Crippen LogP contribution in [-0.4, -0.2) is 41.6 Å². The summed E-state index contributed by atoms with van der Waals surface area (Å²) in [4.78, 5) is 19.0. The highest BCUT2D eigenvalue weighted by molar-refractivity contribution is 5.94. The van der Waals surface area contributed by atoms with Gasteiger partial charge in [0.05, 0.1) is 11.7 Å². The lowest BCUT2D eigenvalue weighted by atomic mass is 9.89. The number of likely N-dealkylation sites (tertiary alicyclic amines) is 1. The zero-order valence-corrected chi connectivity index (χ0v) is 15.5. The average molecular weight is 366 g/mol. The minimum absolute atomic E-state index is 0.0582. The van der Waals surface area contributed by atoms with Gasteiger partial charge in [-0.05, 0) is 43.2 Å². The quantitative estimate of drug-likeness (QED) is 0.810. The summed E-state index contributed by atoms with van der Waals surface area (Å²) in [6.45, 7) is 2.97. The van der Waals surface area contributed by atoms with E-state index in [2.05, 4.69) is 4.98 Å². The van der Waals surface area contributed by atoms with Crippen LogP contribution < -0.4 is 4.74 Å². The van der Waals surface area contributed by atoms with Gasteiger partial charge >= 0.3 is 0 Å². The van der Waals surface area contributed by atoms with Gasteiger partial charge in [0, 0.05) is 32.0 Å². The molecule has 2 aliphatic heterocycles. The van der Waals surface area contributed by atoms with Crippen molar-refractivity contribution in [3.63, 3.8) is 0 Å². The molecule has 2 aromatic rings. The summed E-state index contributed by atoms with van der Waals surface area (Å²) >= 11 is 0. The molecule has 1 atom stereocenters. The van der Waals surface area contributed by atoms with Crippen LogP contribution in [0.25, 0.3) is 0 Å². The highest BCUT2D eigenvalue weighted by atomic mass is 16.5. The number of amides is 1.